The van der Waals surface area contributed by atoms with Crippen LogP contribution >= 0.6 is 0 Å². The molecule has 2 atom stereocenters. The summed E-state index contributed by atoms with van der Waals surface area (Å²) in [6, 6.07) is 17.4. The molecular formula is C31H45N3O4. The van der Waals surface area contributed by atoms with Crippen molar-refractivity contribution in [1.29, 1.82) is 0 Å². The molecule has 1 fully saturated rings. The quantitative estimate of drug-likeness (QED) is 0.224. The summed E-state index contributed by atoms with van der Waals surface area (Å²) in [5, 5.41) is 3.45. The van der Waals surface area contributed by atoms with E-state index in [1.54, 1.807) is 4.90 Å². The third-order valence-corrected chi connectivity index (χ3v) is 7.65. The van der Waals surface area contributed by atoms with Crippen molar-refractivity contribution in [2.75, 3.05) is 26.3 Å². The van der Waals surface area contributed by atoms with E-state index in [0.29, 0.717) is 31.7 Å². The summed E-state index contributed by atoms with van der Waals surface area (Å²) in [5.74, 6) is 0.551. The van der Waals surface area contributed by atoms with Crippen molar-refractivity contribution < 1.29 is 19.1 Å². The second-order valence-corrected chi connectivity index (χ2v) is 9.91. The van der Waals surface area contributed by atoms with Crippen LogP contribution in [-0.2, 0) is 16.1 Å². The van der Waals surface area contributed by atoms with Gasteiger partial charge in [-0.25, -0.2) is 9.69 Å². The largest absolute Gasteiger partial charge is 0.468 e. The van der Waals surface area contributed by atoms with Crippen LogP contribution in [0.15, 0.2) is 54.6 Å². The van der Waals surface area contributed by atoms with Gasteiger partial charge in [0, 0.05) is 31.9 Å². The summed E-state index contributed by atoms with van der Waals surface area (Å²) in [4.78, 5) is 30.7. The Kier molecular flexibility index (Phi) is 11.2. The van der Waals surface area contributed by atoms with Crippen LogP contribution < -0.4 is 10.1 Å². The molecule has 0 bridgehead atoms. The van der Waals surface area contributed by atoms with Crippen molar-refractivity contribution in [3.05, 3.63) is 65.7 Å². The molecule has 0 saturated carbocycles. The molecule has 3 amide bonds. The number of benzene rings is 2. The number of carbonyl (C=O) groups is 2. The van der Waals surface area contributed by atoms with Gasteiger partial charge in [-0.3, -0.25) is 4.79 Å². The summed E-state index contributed by atoms with van der Waals surface area (Å²) in [6.07, 6.45) is 2.28. The molecule has 38 heavy (non-hydrogen) atoms. The number of amides is 3. The lowest BCUT2D eigenvalue weighted by Crippen LogP contribution is -2.74. The molecule has 1 heterocycles. The second kappa shape index (κ2) is 14.3. The van der Waals surface area contributed by atoms with Gasteiger partial charge in [-0.05, 0) is 57.7 Å². The highest BCUT2D eigenvalue weighted by atomic mass is 16.5. The van der Waals surface area contributed by atoms with E-state index < -0.39 is 11.6 Å². The molecular weight excluding hydrogens is 478 g/mol. The van der Waals surface area contributed by atoms with Gasteiger partial charge in [0.05, 0.1) is 6.04 Å². The van der Waals surface area contributed by atoms with Gasteiger partial charge in [0.1, 0.15) is 11.2 Å². The predicted molar refractivity (Wildman–Crippen MR) is 151 cm³/mol. The van der Waals surface area contributed by atoms with E-state index >= 15 is 0 Å². The fourth-order valence-electron chi connectivity index (χ4n) is 5.18. The van der Waals surface area contributed by atoms with E-state index in [9.17, 15) is 9.59 Å². The van der Waals surface area contributed by atoms with Crippen LogP contribution in [0.4, 0.5) is 4.79 Å². The van der Waals surface area contributed by atoms with E-state index in [2.05, 4.69) is 5.32 Å². The Morgan fingerprint density at radius 2 is 1.74 bits per heavy atom. The van der Waals surface area contributed by atoms with Crippen molar-refractivity contribution >= 4 is 11.9 Å². The van der Waals surface area contributed by atoms with Crippen molar-refractivity contribution in [3.8, 4) is 5.75 Å². The van der Waals surface area contributed by atoms with Crippen molar-refractivity contribution in [3.63, 3.8) is 0 Å². The highest BCUT2D eigenvalue weighted by Crippen LogP contribution is 2.47. The fourth-order valence-corrected chi connectivity index (χ4v) is 5.18. The summed E-state index contributed by atoms with van der Waals surface area (Å²) < 4.78 is 12.0. The van der Waals surface area contributed by atoms with Crippen LogP contribution in [0.2, 0.25) is 0 Å². The smallest absolute Gasteiger partial charge is 0.330 e. The Morgan fingerprint density at radius 1 is 1.05 bits per heavy atom. The number of ether oxygens (including phenoxy) is 2. The standard InChI is InChI=1S/C31H45N3O4/c1-6-21-33(24(5)25-16-11-10-12-17-25)30(36)34-28(35)31(7-2,8-3)29(34)38-27-19-14-13-18-26(27)23-32-20-15-22-37-9-4/h10-14,16-19,24,29,32H,6-9,15,20-23H2,1-5H3/t24-,29+/m1/s1. The second-order valence-electron chi connectivity index (χ2n) is 9.91. The summed E-state index contributed by atoms with van der Waals surface area (Å²) >= 11 is 0. The van der Waals surface area contributed by atoms with E-state index in [-0.39, 0.29) is 18.0 Å². The fraction of sp³-hybridized carbons (Fsp3) is 0.548. The molecule has 7 nitrogen and oxygen atoms in total. The number of β-lactam (4-membered cyclic amide) rings is 1. The summed E-state index contributed by atoms with van der Waals surface area (Å²) in [5.41, 5.74) is 1.32. The highest BCUT2D eigenvalue weighted by molar-refractivity contribution is 6.03. The van der Waals surface area contributed by atoms with E-state index in [1.807, 2.05) is 89.2 Å². The van der Waals surface area contributed by atoms with Crippen LogP contribution in [0.5, 0.6) is 5.75 Å². The van der Waals surface area contributed by atoms with E-state index in [0.717, 1.165) is 43.7 Å². The number of nitrogens with one attached hydrogen (secondary N) is 1. The molecule has 0 unspecified atom stereocenters. The molecule has 2 aromatic carbocycles. The van der Waals surface area contributed by atoms with Gasteiger partial charge in [0.15, 0.2) is 6.23 Å². The summed E-state index contributed by atoms with van der Waals surface area (Å²) in [6.45, 7) is 13.5. The lowest BCUT2D eigenvalue weighted by atomic mass is 9.72. The number of hydrogen-bond donors (Lipinski definition) is 1. The van der Waals surface area contributed by atoms with Crippen LogP contribution in [0.3, 0.4) is 0 Å². The van der Waals surface area contributed by atoms with Crippen LogP contribution in [0.1, 0.15) is 77.5 Å². The molecule has 2 aromatic rings. The Labute approximate surface area is 228 Å². The zero-order chi connectivity index (χ0) is 27.5. The average Bonchev–Trinajstić information content (AvgIpc) is 2.95. The average molecular weight is 524 g/mol. The van der Waals surface area contributed by atoms with Gasteiger partial charge in [-0.15, -0.1) is 0 Å². The molecule has 0 aromatic heterocycles. The molecule has 0 spiro atoms. The van der Waals surface area contributed by atoms with E-state index in [4.69, 9.17) is 9.47 Å². The molecule has 7 heteroatoms. The highest BCUT2D eigenvalue weighted by Gasteiger charge is 2.63. The minimum absolute atomic E-state index is 0.148. The van der Waals surface area contributed by atoms with Crippen LogP contribution in [0.25, 0.3) is 0 Å². The first kappa shape index (κ1) is 29.7. The van der Waals surface area contributed by atoms with Crippen molar-refractivity contribution in [2.45, 2.75) is 79.1 Å². The molecule has 1 N–H and O–H groups in total. The monoisotopic (exact) mass is 523 g/mol. The number of carbonyl (C=O) groups excluding carboxylic acids is 2. The van der Waals surface area contributed by atoms with E-state index in [1.165, 1.54) is 4.90 Å². The maximum absolute atomic E-state index is 14.0. The number of imide groups is 1. The maximum atomic E-state index is 14.0. The molecule has 1 aliphatic rings. The van der Waals surface area contributed by atoms with Crippen molar-refractivity contribution in [1.82, 2.24) is 15.1 Å². The lowest BCUT2D eigenvalue weighted by Gasteiger charge is -2.54. The molecule has 1 saturated heterocycles. The van der Waals surface area contributed by atoms with Crippen LogP contribution in [-0.4, -0.2) is 54.3 Å². The minimum Gasteiger partial charge on any atom is -0.468 e. The van der Waals surface area contributed by atoms with Gasteiger partial charge in [-0.2, -0.15) is 0 Å². The molecule has 3 rings (SSSR count). The topological polar surface area (TPSA) is 71.1 Å². The number of para-hydroxylation sites is 1. The zero-order valence-corrected chi connectivity index (χ0v) is 23.7. The van der Waals surface area contributed by atoms with Gasteiger partial charge >= 0.3 is 6.03 Å². The number of urea groups is 1. The SMILES string of the molecule is CCCN(C(=O)N1C(=O)C(CC)(CC)[C@@H]1Oc1ccccc1CNCCCOCC)[C@H](C)c1ccccc1. The third-order valence-electron chi connectivity index (χ3n) is 7.65. The van der Waals surface area contributed by atoms with Gasteiger partial charge < -0.3 is 19.7 Å². The van der Waals surface area contributed by atoms with Gasteiger partial charge in [0.2, 0.25) is 5.91 Å². The number of hydrogen-bond acceptors (Lipinski definition) is 5. The number of likely N-dealkylation sites (tertiary alicyclic amines) is 1. The van der Waals surface area contributed by atoms with Crippen molar-refractivity contribution in [2.24, 2.45) is 5.41 Å². The van der Waals surface area contributed by atoms with Crippen LogP contribution in [0, 0.1) is 5.41 Å². The molecule has 1 aliphatic heterocycles. The molecule has 0 radical (unpaired) electrons. The number of nitrogens with zero attached hydrogens (tertiary/aromatic N) is 2. The Balaban J connectivity index is 1.83. The first-order valence-electron chi connectivity index (χ1n) is 14.2. The first-order valence-corrected chi connectivity index (χ1v) is 14.2. The first-order chi connectivity index (χ1) is 18.4. The maximum Gasteiger partial charge on any atom is 0.330 e. The Hall–Kier alpha value is -2.90. The zero-order valence-electron chi connectivity index (χ0n) is 23.7. The normalized spacial score (nSPS) is 17.1. The lowest BCUT2D eigenvalue weighted by molar-refractivity contribution is -0.192. The number of rotatable bonds is 15. The minimum atomic E-state index is -0.721. The molecule has 208 valence electrons. The predicted octanol–water partition coefficient (Wildman–Crippen LogP) is 6.15. The summed E-state index contributed by atoms with van der Waals surface area (Å²) in [7, 11) is 0. The van der Waals surface area contributed by atoms with Gasteiger partial charge in [0.25, 0.3) is 0 Å². The third kappa shape index (κ3) is 6.38. The Morgan fingerprint density at radius 3 is 2.39 bits per heavy atom. The Bertz CT molecular complexity index is 1020. The molecule has 0 aliphatic carbocycles. The van der Waals surface area contributed by atoms with Gasteiger partial charge in [-0.1, -0.05) is 69.3 Å².